The second kappa shape index (κ2) is 7.94. The van der Waals surface area contributed by atoms with Gasteiger partial charge in [0.05, 0.1) is 13.2 Å². The van der Waals surface area contributed by atoms with Gasteiger partial charge in [-0.3, -0.25) is 4.79 Å². The van der Waals surface area contributed by atoms with Crippen LogP contribution in [0.5, 0.6) is 5.75 Å². The van der Waals surface area contributed by atoms with Crippen LogP contribution in [-0.2, 0) is 9.53 Å². The molecule has 2 heterocycles. The molecule has 1 amide bonds. The maximum Gasteiger partial charge on any atom is 0.263 e. The minimum atomic E-state index is -0.259. The molecule has 2 aromatic rings. The van der Waals surface area contributed by atoms with Crippen molar-refractivity contribution < 1.29 is 14.3 Å². The Morgan fingerprint density at radius 2 is 2.00 bits per heavy atom. The number of nitrogens with one attached hydrogen (secondary N) is 1. The molecule has 25 heavy (non-hydrogen) atoms. The summed E-state index contributed by atoms with van der Waals surface area (Å²) in [7, 11) is 0. The van der Waals surface area contributed by atoms with Gasteiger partial charge in [0, 0.05) is 19.2 Å². The fourth-order valence-corrected chi connectivity index (χ4v) is 2.51. The molecule has 7 heteroatoms. The fraction of sp³-hybridized carbons (Fsp3) is 0.389. The monoisotopic (exact) mass is 342 g/mol. The van der Waals surface area contributed by atoms with E-state index in [1.54, 1.807) is 6.07 Å². The molecule has 1 fully saturated rings. The zero-order valence-electron chi connectivity index (χ0n) is 14.5. The highest BCUT2D eigenvalue weighted by Crippen LogP contribution is 2.17. The van der Waals surface area contributed by atoms with Gasteiger partial charge in [0.25, 0.3) is 5.91 Å². The predicted octanol–water partition coefficient (Wildman–Crippen LogP) is 1.95. The van der Waals surface area contributed by atoms with Crippen molar-refractivity contribution in [1.82, 2.24) is 9.97 Å². The number of hydrogen-bond acceptors (Lipinski definition) is 6. The van der Waals surface area contributed by atoms with Crippen molar-refractivity contribution in [2.75, 3.05) is 43.1 Å². The number of hydrogen-bond donors (Lipinski definition) is 1. The first kappa shape index (κ1) is 17.2. The highest BCUT2D eigenvalue weighted by Gasteiger charge is 2.14. The van der Waals surface area contributed by atoms with Gasteiger partial charge in [0.2, 0.25) is 0 Å². The van der Waals surface area contributed by atoms with Crippen LogP contribution in [0.15, 0.2) is 30.6 Å². The normalized spacial score (nSPS) is 14.2. The van der Waals surface area contributed by atoms with Crippen LogP contribution >= 0.6 is 0 Å². The number of amides is 1. The highest BCUT2D eigenvalue weighted by atomic mass is 16.5. The van der Waals surface area contributed by atoms with E-state index in [0.29, 0.717) is 24.8 Å². The van der Waals surface area contributed by atoms with E-state index in [-0.39, 0.29) is 12.5 Å². The minimum absolute atomic E-state index is 0.0700. The lowest BCUT2D eigenvalue weighted by molar-refractivity contribution is -0.118. The lowest BCUT2D eigenvalue weighted by Gasteiger charge is -2.27. The number of carbonyl (C=O) groups is 1. The molecule has 1 aromatic heterocycles. The summed E-state index contributed by atoms with van der Waals surface area (Å²) in [6, 6.07) is 7.52. The molecule has 0 aliphatic carbocycles. The SMILES string of the molecule is Cc1ccc(OCC(=O)Nc2cc(N3CCOCC3)ncn2)cc1C. The number of carbonyl (C=O) groups excluding carboxylic acids is 1. The largest absolute Gasteiger partial charge is 0.484 e. The molecule has 0 atom stereocenters. The average Bonchev–Trinajstić information content (AvgIpc) is 2.64. The number of aryl methyl sites for hydroxylation is 2. The Balaban J connectivity index is 1.56. The number of aromatic nitrogens is 2. The molecule has 1 aliphatic heterocycles. The van der Waals surface area contributed by atoms with Crippen LogP contribution in [0.25, 0.3) is 0 Å². The van der Waals surface area contributed by atoms with Gasteiger partial charge in [0.15, 0.2) is 6.61 Å². The Hall–Kier alpha value is -2.67. The predicted molar refractivity (Wildman–Crippen MR) is 95.1 cm³/mol. The van der Waals surface area contributed by atoms with Crippen molar-refractivity contribution in [3.8, 4) is 5.75 Å². The first-order chi connectivity index (χ1) is 12.1. The average molecular weight is 342 g/mol. The number of benzene rings is 1. The Morgan fingerprint density at radius 3 is 2.76 bits per heavy atom. The Bertz CT molecular complexity index is 745. The quantitative estimate of drug-likeness (QED) is 0.895. The van der Waals surface area contributed by atoms with Gasteiger partial charge in [-0.25, -0.2) is 9.97 Å². The maximum atomic E-state index is 12.1. The van der Waals surface area contributed by atoms with Crippen LogP contribution in [0.1, 0.15) is 11.1 Å². The van der Waals surface area contributed by atoms with Crippen molar-refractivity contribution >= 4 is 17.5 Å². The van der Waals surface area contributed by atoms with Gasteiger partial charge in [-0.1, -0.05) is 6.07 Å². The molecule has 0 radical (unpaired) electrons. The molecule has 1 N–H and O–H groups in total. The molecule has 7 nitrogen and oxygen atoms in total. The summed E-state index contributed by atoms with van der Waals surface area (Å²) in [5.41, 5.74) is 2.32. The maximum absolute atomic E-state index is 12.1. The lowest BCUT2D eigenvalue weighted by Crippen LogP contribution is -2.36. The Labute approximate surface area is 147 Å². The van der Waals surface area contributed by atoms with Gasteiger partial charge in [0.1, 0.15) is 23.7 Å². The summed E-state index contributed by atoms with van der Waals surface area (Å²) in [6.07, 6.45) is 1.45. The first-order valence-electron chi connectivity index (χ1n) is 8.26. The Morgan fingerprint density at radius 1 is 1.20 bits per heavy atom. The van der Waals surface area contributed by atoms with Crippen molar-refractivity contribution in [1.29, 1.82) is 0 Å². The third-order valence-electron chi connectivity index (χ3n) is 4.10. The second-order valence-electron chi connectivity index (χ2n) is 5.94. The summed E-state index contributed by atoms with van der Waals surface area (Å²) in [4.78, 5) is 22.6. The van der Waals surface area contributed by atoms with Gasteiger partial charge in [-0.2, -0.15) is 0 Å². The van der Waals surface area contributed by atoms with E-state index >= 15 is 0 Å². The molecule has 1 saturated heterocycles. The number of rotatable bonds is 5. The number of anilines is 2. The molecule has 0 spiro atoms. The van der Waals surface area contributed by atoms with Gasteiger partial charge in [-0.05, 0) is 37.1 Å². The standard InChI is InChI=1S/C18H22N4O3/c1-13-3-4-15(9-14(13)2)25-11-18(23)21-16-10-17(20-12-19-16)22-5-7-24-8-6-22/h3-4,9-10,12H,5-8,11H2,1-2H3,(H,19,20,21,23). The van der Waals surface area contributed by atoms with E-state index in [1.807, 2.05) is 32.0 Å². The number of ether oxygens (including phenoxy) is 2. The van der Waals surface area contributed by atoms with E-state index in [9.17, 15) is 4.79 Å². The highest BCUT2D eigenvalue weighted by molar-refractivity contribution is 5.91. The van der Waals surface area contributed by atoms with E-state index < -0.39 is 0 Å². The lowest BCUT2D eigenvalue weighted by atomic mass is 10.1. The van der Waals surface area contributed by atoms with Crippen LogP contribution in [0.3, 0.4) is 0 Å². The van der Waals surface area contributed by atoms with Crippen LogP contribution in [-0.4, -0.2) is 48.8 Å². The summed E-state index contributed by atoms with van der Waals surface area (Å²) in [5.74, 6) is 1.66. The van der Waals surface area contributed by atoms with Crippen molar-refractivity contribution in [3.63, 3.8) is 0 Å². The molecule has 3 rings (SSSR count). The van der Waals surface area contributed by atoms with Crippen LogP contribution < -0.4 is 15.0 Å². The van der Waals surface area contributed by atoms with Gasteiger partial charge in [-0.15, -0.1) is 0 Å². The van der Waals surface area contributed by atoms with E-state index in [4.69, 9.17) is 9.47 Å². The summed E-state index contributed by atoms with van der Waals surface area (Å²) in [5, 5.41) is 2.74. The minimum Gasteiger partial charge on any atom is -0.484 e. The van der Waals surface area contributed by atoms with E-state index in [1.165, 1.54) is 11.9 Å². The van der Waals surface area contributed by atoms with Crippen molar-refractivity contribution in [2.45, 2.75) is 13.8 Å². The third-order valence-corrected chi connectivity index (χ3v) is 4.10. The Kier molecular flexibility index (Phi) is 5.45. The molecular formula is C18H22N4O3. The van der Waals surface area contributed by atoms with Crippen LogP contribution in [0.4, 0.5) is 11.6 Å². The second-order valence-corrected chi connectivity index (χ2v) is 5.94. The first-order valence-corrected chi connectivity index (χ1v) is 8.26. The molecule has 0 bridgehead atoms. The molecule has 1 aliphatic rings. The van der Waals surface area contributed by atoms with E-state index in [0.717, 1.165) is 24.5 Å². The zero-order valence-corrected chi connectivity index (χ0v) is 14.5. The zero-order chi connectivity index (χ0) is 17.6. The van der Waals surface area contributed by atoms with Crippen molar-refractivity contribution in [3.05, 3.63) is 41.7 Å². The molecule has 0 unspecified atom stereocenters. The van der Waals surface area contributed by atoms with E-state index in [2.05, 4.69) is 20.2 Å². The van der Waals surface area contributed by atoms with Crippen LogP contribution in [0.2, 0.25) is 0 Å². The molecule has 1 aromatic carbocycles. The molecule has 0 saturated carbocycles. The molecular weight excluding hydrogens is 320 g/mol. The summed E-state index contributed by atoms with van der Waals surface area (Å²) in [6.45, 7) is 6.88. The fourth-order valence-electron chi connectivity index (χ4n) is 2.51. The molecule has 132 valence electrons. The van der Waals surface area contributed by atoms with Crippen molar-refractivity contribution in [2.24, 2.45) is 0 Å². The smallest absolute Gasteiger partial charge is 0.263 e. The van der Waals surface area contributed by atoms with Gasteiger partial charge >= 0.3 is 0 Å². The van der Waals surface area contributed by atoms with Crippen LogP contribution in [0, 0.1) is 13.8 Å². The number of morpholine rings is 1. The summed E-state index contributed by atoms with van der Waals surface area (Å²) >= 11 is 0. The summed E-state index contributed by atoms with van der Waals surface area (Å²) < 4.78 is 10.9. The van der Waals surface area contributed by atoms with Gasteiger partial charge < -0.3 is 19.7 Å². The number of nitrogens with zero attached hydrogens (tertiary/aromatic N) is 3. The topological polar surface area (TPSA) is 76.6 Å². The third kappa shape index (κ3) is 4.67.